The number of ether oxygens (including phenoxy) is 1. The van der Waals surface area contributed by atoms with Crippen LogP contribution in [0, 0.1) is 0 Å². The van der Waals surface area contributed by atoms with Gasteiger partial charge in [0.15, 0.2) is 5.78 Å². The van der Waals surface area contributed by atoms with Crippen molar-refractivity contribution in [2.45, 2.75) is 12.3 Å². The average Bonchev–Trinajstić information content (AvgIpc) is 2.37. The van der Waals surface area contributed by atoms with Gasteiger partial charge in [-0.1, -0.05) is 12.1 Å². The van der Waals surface area contributed by atoms with Crippen LogP contribution >= 0.6 is 23.2 Å². The Kier molecular flexibility index (Phi) is 5.45. The van der Waals surface area contributed by atoms with Crippen LogP contribution in [-0.2, 0) is 10.6 Å². The van der Waals surface area contributed by atoms with Crippen LogP contribution < -0.4 is 0 Å². The normalized spacial score (nSPS) is 10.1. The summed E-state index contributed by atoms with van der Waals surface area (Å²) >= 11 is 11.2. The van der Waals surface area contributed by atoms with Crippen LogP contribution in [0.4, 0.5) is 0 Å². The summed E-state index contributed by atoms with van der Waals surface area (Å²) in [6, 6.07) is 4.86. The number of carbonyl (C=O) groups is 2. The first-order valence-corrected chi connectivity index (χ1v) is 6.07. The van der Waals surface area contributed by atoms with Crippen molar-refractivity contribution in [3.8, 4) is 0 Å². The second-order valence-corrected chi connectivity index (χ2v) is 4.01. The summed E-state index contributed by atoms with van der Waals surface area (Å²) in [6.07, 6.45) is 0.186. The Balaban J connectivity index is 3.19. The lowest BCUT2D eigenvalue weighted by Crippen LogP contribution is -2.11. The molecule has 0 heterocycles. The van der Waals surface area contributed by atoms with Gasteiger partial charge in [0.25, 0.3) is 0 Å². The smallest absolute Gasteiger partial charge is 0.338 e. The van der Waals surface area contributed by atoms with E-state index in [9.17, 15) is 9.59 Å². The molecule has 0 radical (unpaired) electrons. The van der Waals surface area contributed by atoms with Crippen LogP contribution in [0.3, 0.4) is 0 Å². The highest BCUT2D eigenvalue weighted by atomic mass is 35.5. The van der Waals surface area contributed by atoms with Crippen LogP contribution in [0.5, 0.6) is 0 Å². The Morgan fingerprint density at radius 3 is 2.47 bits per heavy atom. The minimum absolute atomic E-state index is 0.179. The third-order valence-corrected chi connectivity index (χ3v) is 2.76. The first-order chi connectivity index (χ1) is 8.13. The number of benzene rings is 1. The van der Waals surface area contributed by atoms with Crippen molar-refractivity contribution in [2.75, 3.05) is 13.0 Å². The zero-order chi connectivity index (χ0) is 12.8. The molecule has 0 fully saturated rings. The van der Waals surface area contributed by atoms with Crippen molar-refractivity contribution in [1.29, 1.82) is 0 Å². The molecule has 0 atom stereocenters. The molecule has 0 bridgehead atoms. The average molecular weight is 275 g/mol. The van der Waals surface area contributed by atoms with Gasteiger partial charge in [-0.3, -0.25) is 4.79 Å². The molecule has 0 saturated heterocycles. The monoisotopic (exact) mass is 274 g/mol. The van der Waals surface area contributed by atoms with E-state index in [1.165, 1.54) is 7.11 Å². The predicted molar refractivity (Wildman–Crippen MR) is 67.0 cm³/mol. The quantitative estimate of drug-likeness (QED) is 0.471. The maximum atomic E-state index is 11.8. The summed E-state index contributed by atoms with van der Waals surface area (Å²) in [7, 11) is 1.27. The van der Waals surface area contributed by atoms with E-state index in [-0.39, 0.29) is 29.5 Å². The lowest BCUT2D eigenvalue weighted by molar-refractivity contribution is 0.0597. The SMILES string of the molecule is COC(=O)c1cc(CCl)ccc1C(=O)CCCl. The number of hydrogen-bond acceptors (Lipinski definition) is 3. The topological polar surface area (TPSA) is 43.4 Å². The number of methoxy groups -OCH3 is 1. The number of alkyl halides is 2. The fourth-order valence-electron chi connectivity index (χ4n) is 1.42. The molecule has 3 nitrogen and oxygen atoms in total. The Labute approximate surface area is 110 Å². The van der Waals surface area contributed by atoms with Gasteiger partial charge in [0.2, 0.25) is 0 Å². The number of carbonyl (C=O) groups excluding carboxylic acids is 2. The van der Waals surface area contributed by atoms with Gasteiger partial charge in [0.05, 0.1) is 12.7 Å². The molecule has 1 aromatic rings. The largest absolute Gasteiger partial charge is 0.465 e. The van der Waals surface area contributed by atoms with Crippen molar-refractivity contribution in [1.82, 2.24) is 0 Å². The van der Waals surface area contributed by atoms with Gasteiger partial charge in [-0.15, -0.1) is 23.2 Å². The molecule has 0 amide bonds. The van der Waals surface area contributed by atoms with Gasteiger partial charge >= 0.3 is 5.97 Å². The molecule has 5 heteroatoms. The van der Waals surface area contributed by atoms with E-state index < -0.39 is 5.97 Å². The highest BCUT2D eigenvalue weighted by Gasteiger charge is 2.17. The van der Waals surface area contributed by atoms with Crippen molar-refractivity contribution >= 4 is 35.0 Å². The van der Waals surface area contributed by atoms with E-state index in [4.69, 9.17) is 23.2 Å². The van der Waals surface area contributed by atoms with Gasteiger partial charge in [0, 0.05) is 23.7 Å². The number of rotatable bonds is 5. The molecule has 0 unspecified atom stereocenters. The van der Waals surface area contributed by atoms with Crippen LogP contribution in [0.15, 0.2) is 18.2 Å². The minimum atomic E-state index is -0.546. The molecule has 1 rings (SSSR count). The van der Waals surface area contributed by atoms with Crippen LogP contribution in [0.25, 0.3) is 0 Å². The number of esters is 1. The number of ketones is 1. The van der Waals surface area contributed by atoms with E-state index in [0.717, 1.165) is 5.56 Å². The van der Waals surface area contributed by atoms with Gasteiger partial charge in [0.1, 0.15) is 0 Å². The van der Waals surface area contributed by atoms with Crippen molar-refractivity contribution in [3.63, 3.8) is 0 Å². The summed E-state index contributed by atoms with van der Waals surface area (Å²) in [6.45, 7) is 0. The molecule has 0 aromatic heterocycles. The van der Waals surface area contributed by atoms with E-state index in [1.54, 1.807) is 18.2 Å². The van der Waals surface area contributed by atoms with Crippen molar-refractivity contribution < 1.29 is 14.3 Å². The molecule has 0 aliphatic rings. The highest BCUT2D eigenvalue weighted by molar-refractivity contribution is 6.20. The molecule has 0 aliphatic heterocycles. The van der Waals surface area contributed by atoms with E-state index in [2.05, 4.69) is 4.74 Å². The van der Waals surface area contributed by atoms with Crippen LogP contribution in [-0.4, -0.2) is 24.7 Å². The van der Waals surface area contributed by atoms with E-state index in [1.807, 2.05) is 0 Å². The molecule has 0 spiro atoms. The third kappa shape index (κ3) is 3.45. The maximum Gasteiger partial charge on any atom is 0.338 e. The van der Waals surface area contributed by atoms with Gasteiger partial charge < -0.3 is 4.74 Å². The molecule has 0 aliphatic carbocycles. The maximum absolute atomic E-state index is 11.8. The molecule has 0 saturated carbocycles. The molecule has 17 heavy (non-hydrogen) atoms. The van der Waals surface area contributed by atoms with Crippen molar-refractivity contribution in [3.05, 3.63) is 34.9 Å². The molecular formula is C12H12Cl2O3. The van der Waals surface area contributed by atoms with Crippen LogP contribution in [0.1, 0.15) is 32.7 Å². The predicted octanol–water partition coefficient (Wildman–Crippen LogP) is 3.02. The molecular weight excluding hydrogens is 263 g/mol. The summed E-state index contributed by atoms with van der Waals surface area (Å²) in [5.74, 6) is -0.235. The van der Waals surface area contributed by atoms with E-state index >= 15 is 0 Å². The molecule has 0 N–H and O–H groups in total. The molecule has 92 valence electrons. The van der Waals surface area contributed by atoms with Gasteiger partial charge in [-0.25, -0.2) is 4.79 Å². The zero-order valence-corrected chi connectivity index (χ0v) is 10.8. The van der Waals surface area contributed by atoms with Gasteiger partial charge in [-0.05, 0) is 11.6 Å². The Morgan fingerprint density at radius 2 is 1.94 bits per heavy atom. The van der Waals surface area contributed by atoms with Crippen molar-refractivity contribution in [2.24, 2.45) is 0 Å². The fraction of sp³-hybridized carbons (Fsp3) is 0.333. The Hall–Kier alpha value is -1.06. The summed E-state index contributed by atoms with van der Waals surface area (Å²) in [5, 5.41) is 0. The summed E-state index contributed by atoms with van der Waals surface area (Å²) < 4.78 is 4.64. The lowest BCUT2D eigenvalue weighted by Gasteiger charge is -2.08. The highest BCUT2D eigenvalue weighted by Crippen LogP contribution is 2.17. The lowest BCUT2D eigenvalue weighted by atomic mass is 10.00. The molecule has 1 aromatic carbocycles. The minimum Gasteiger partial charge on any atom is -0.465 e. The second-order valence-electron chi connectivity index (χ2n) is 3.37. The Bertz CT molecular complexity index is 430. The number of halogens is 2. The summed E-state index contributed by atoms with van der Waals surface area (Å²) in [4.78, 5) is 23.3. The Morgan fingerprint density at radius 1 is 1.24 bits per heavy atom. The van der Waals surface area contributed by atoms with E-state index in [0.29, 0.717) is 5.56 Å². The first-order valence-electron chi connectivity index (χ1n) is 5.00. The number of hydrogen-bond donors (Lipinski definition) is 0. The standard InChI is InChI=1S/C12H12Cl2O3/c1-17-12(16)10-6-8(7-14)2-3-9(10)11(15)4-5-13/h2-3,6H,4-5,7H2,1H3. The third-order valence-electron chi connectivity index (χ3n) is 2.27. The summed E-state index contributed by atoms with van der Waals surface area (Å²) in [5.41, 5.74) is 1.32. The fourth-order valence-corrected chi connectivity index (χ4v) is 1.75. The second kappa shape index (κ2) is 6.62. The zero-order valence-electron chi connectivity index (χ0n) is 9.33. The first kappa shape index (κ1) is 14.0. The van der Waals surface area contributed by atoms with Crippen LogP contribution in [0.2, 0.25) is 0 Å². The number of Topliss-reactive ketones (excluding diaryl/α,β-unsaturated/α-hetero) is 1. The van der Waals surface area contributed by atoms with Gasteiger partial charge in [-0.2, -0.15) is 0 Å².